The number of allylic oxidation sites excluding steroid dienone is 1. The number of benzene rings is 2. The Hall–Kier alpha value is -2.76. The van der Waals surface area contributed by atoms with E-state index in [-0.39, 0.29) is 11.9 Å². The highest BCUT2D eigenvalue weighted by Gasteiger charge is 2.20. The van der Waals surface area contributed by atoms with Crippen LogP contribution in [-0.2, 0) is 9.78 Å². The predicted molar refractivity (Wildman–Crippen MR) is 106 cm³/mol. The maximum Gasteiger partial charge on any atom is 0.253 e. The SMILES string of the molecule is NCC[C@H](CC1=COOC=C1)NC(=O)c1c(Cl)cccc1-c1ccccc1. The van der Waals surface area contributed by atoms with Crippen molar-refractivity contribution >= 4 is 17.5 Å². The fourth-order valence-corrected chi connectivity index (χ4v) is 3.23. The highest BCUT2D eigenvalue weighted by molar-refractivity contribution is 6.34. The molecule has 3 N–H and O–H groups in total. The molecule has 1 atom stereocenters. The molecule has 3 rings (SSSR count). The molecule has 0 saturated heterocycles. The van der Waals surface area contributed by atoms with Gasteiger partial charge in [0.25, 0.3) is 5.91 Å². The molecule has 5 nitrogen and oxygen atoms in total. The Balaban J connectivity index is 1.84. The molecule has 0 fully saturated rings. The average Bonchev–Trinajstić information content (AvgIpc) is 2.69. The van der Waals surface area contributed by atoms with E-state index in [1.54, 1.807) is 12.1 Å². The topological polar surface area (TPSA) is 73.6 Å². The fourth-order valence-electron chi connectivity index (χ4n) is 2.97. The number of halogens is 1. The van der Waals surface area contributed by atoms with Crippen molar-refractivity contribution in [2.45, 2.75) is 18.9 Å². The molecule has 1 aliphatic rings. The summed E-state index contributed by atoms with van der Waals surface area (Å²) < 4.78 is 0. The van der Waals surface area contributed by atoms with Crippen LogP contribution in [0.5, 0.6) is 0 Å². The highest BCUT2D eigenvalue weighted by atomic mass is 35.5. The molecule has 1 amide bonds. The minimum Gasteiger partial charge on any atom is -0.349 e. The molecule has 0 radical (unpaired) electrons. The van der Waals surface area contributed by atoms with Gasteiger partial charge >= 0.3 is 0 Å². The van der Waals surface area contributed by atoms with Crippen LogP contribution in [0.25, 0.3) is 11.1 Å². The molecule has 0 aliphatic carbocycles. The van der Waals surface area contributed by atoms with Gasteiger partial charge in [0.1, 0.15) is 12.5 Å². The number of carbonyl (C=O) groups is 1. The molecule has 2 aromatic rings. The number of hydrogen-bond donors (Lipinski definition) is 2. The highest BCUT2D eigenvalue weighted by Crippen LogP contribution is 2.29. The van der Waals surface area contributed by atoms with Gasteiger partial charge < -0.3 is 11.1 Å². The lowest BCUT2D eigenvalue weighted by atomic mass is 9.98. The summed E-state index contributed by atoms with van der Waals surface area (Å²) in [6.07, 6.45) is 5.97. The lowest BCUT2D eigenvalue weighted by Gasteiger charge is -2.21. The van der Waals surface area contributed by atoms with E-state index < -0.39 is 0 Å². The van der Waals surface area contributed by atoms with E-state index in [9.17, 15) is 4.79 Å². The van der Waals surface area contributed by atoms with E-state index in [1.165, 1.54) is 12.5 Å². The second kappa shape index (κ2) is 9.26. The van der Waals surface area contributed by atoms with Crippen molar-refractivity contribution in [2.24, 2.45) is 5.73 Å². The average molecular weight is 385 g/mol. The molecular formula is C21H21ClN2O3. The van der Waals surface area contributed by atoms with Gasteiger partial charge in [-0.2, -0.15) is 0 Å². The third kappa shape index (κ3) is 4.90. The summed E-state index contributed by atoms with van der Waals surface area (Å²) in [6.45, 7) is 0.452. The van der Waals surface area contributed by atoms with Crippen LogP contribution >= 0.6 is 11.6 Å². The molecule has 1 heterocycles. The summed E-state index contributed by atoms with van der Waals surface area (Å²) in [5.74, 6) is -0.226. The van der Waals surface area contributed by atoms with Gasteiger partial charge in [0.2, 0.25) is 0 Å². The van der Waals surface area contributed by atoms with E-state index in [0.29, 0.717) is 30.0 Å². The van der Waals surface area contributed by atoms with Crippen molar-refractivity contribution in [1.82, 2.24) is 5.32 Å². The van der Waals surface area contributed by atoms with Crippen molar-refractivity contribution in [3.05, 3.63) is 83.3 Å². The number of rotatable bonds is 7. The zero-order valence-electron chi connectivity index (χ0n) is 14.7. The van der Waals surface area contributed by atoms with E-state index >= 15 is 0 Å². The molecule has 0 unspecified atom stereocenters. The Morgan fingerprint density at radius 3 is 2.63 bits per heavy atom. The van der Waals surface area contributed by atoms with Gasteiger partial charge in [-0.25, -0.2) is 0 Å². The molecule has 0 spiro atoms. The number of nitrogens with one attached hydrogen (secondary N) is 1. The van der Waals surface area contributed by atoms with Crippen molar-refractivity contribution in [3.8, 4) is 11.1 Å². The summed E-state index contributed by atoms with van der Waals surface area (Å²) in [7, 11) is 0. The number of amides is 1. The lowest BCUT2D eigenvalue weighted by Crippen LogP contribution is -2.37. The minimum absolute atomic E-state index is 0.153. The maximum absolute atomic E-state index is 13.1. The van der Waals surface area contributed by atoms with Crippen LogP contribution in [0.15, 0.2) is 72.7 Å². The molecule has 0 aromatic heterocycles. The maximum atomic E-state index is 13.1. The summed E-state index contributed by atoms with van der Waals surface area (Å²) in [5, 5.41) is 3.47. The van der Waals surface area contributed by atoms with Crippen LogP contribution in [0.4, 0.5) is 0 Å². The normalized spacial score (nSPS) is 13.9. The van der Waals surface area contributed by atoms with Crippen LogP contribution in [0.3, 0.4) is 0 Å². The van der Waals surface area contributed by atoms with Gasteiger partial charge in [0.05, 0.1) is 10.6 Å². The van der Waals surface area contributed by atoms with Gasteiger partial charge in [0.15, 0.2) is 0 Å². The van der Waals surface area contributed by atoms with Gasteiger partial charge in [-0.05, 0) is 48.2 Å². The monoisotopic (exact) mass is 384 g/mol. The summed E-state index contributed by atoms with van der Waals surface area (Å²) >= 11 is 6.38. The van der Waals surface area contributed by atoms with Crippen LogP contribution < -0.4 is 11.1 Å². The van der Waals surface area contributed by atoms with Gasteiger partial charge in [-0.3, -0.25) is 14.6 Å². The van der Waals surface area contributed by atoms with Crippen LogP contribution in [0.1, 0.15) is 23.2 Å². The third-order valence-electron chi connectivity index (χ3n) is 4.25. The molecule has 2 aromatic carbocycles. The molecule has 0 saturated carbocycles. The van der Waals surface area contributed by atoms with E-state index in [2.05, 4.69) is 10.2 Å². The molecule has 0 bridgehead atoms. The van der Waals surface area contributed by atoms with Gasteiger partial charge in [-0.1, -0.05) is 54.1 Å². The van der Waals surface area contributed by atoms with E-state index in [1.807, 2.05) is 42.5 Å². The lowest BCUT2D eigenvalue weighted by molar-refractivity contribution is -0.199. The minimum atomic E-state index is -0.226. The zero-order valence-corrected chi connectivity index (χ0v) is 15.5. The Bertz CT molecular complexity index is 850. The van der Waals surface area contributed by atoms with E-state index in [4.69, 9.17) is 22.2 Å². The first-order valence-corrected chi connectivity index (χ1v) is 9.09. The predicted octanol–water partition coefficient (Wildman–Crippen LogP) is 4.20. The molecular weight excluding hydrogens is 364 g/mol. The van der Waals surface area contributed by atoms with Crippen molar-refractivity contribution in [3.63, 3.8) is 0 Å². The van der Waals surface area contributed by atoms with Crippen molar-refractivity contribution in [1.29, 1.82) is 0 Å². The Morgan fingerprint density at radius 1 is 1.11 bits per heavy atom. The van der Waals surface area contributed by atoms with Crippen LogP contribution in [0, 0.1) is 0 Å². The van der Waals surface area contributed by atoms with Gasteiger partial charge in [0, 0.05) is 6.04 Å². The Kier molecular flexibility index (Phi) is 6.52. The first-order valence-electron chi connectivity index (χ1n) is 8.71. The Labute approximate surface area is 163 Å². The summed E-state index contributed by atoms with van der Waals surface area (Å²) in [4.78, 5) is 22.6. The second-order valence-electron chi connectivity index (χ2n) is 6.17. The summed E-state index contributed by atoms with van der Waals surface area (Å²) in [6, 6.07) is 15.0. The number of carbonyl (C=O) groups excluding carboxylic acids is 1. The molecule has 6 heteroatoms. The largest absolute Gasteiger partial charge is 0.349 e. The van der Waals surface area contributed by atoms with E-state index in [0.717, 1.165) is 16.7 Å². The molecule has 1 aliphatic heterocycles. The van der Waals surface area contributed by atoms with Crippen molar-refractivity contribution in [2.75, 3.05) is 6.54 Å². The standard InChI is InChI=1S/C21H21ClN2O3/c22-19-8-4-7-18(16-5-2-1-3-6-16)20(19)21(25)24-17(9-11-23)13-15-10-12-26-27-14-15/h1-8,10,12,14,17H,9,11,13,23H2,(H,24,25)/t17-/m1/s1. The fraction of sp³-hybridized carbons (Fsp3) is 0.190. The first-order chi connectivity index (χ1) is 13.2. The number of hydrogen-bond acceptors (Lipinski definition) is 4. The van der Waals surface area contributed by atoms with Crippen LogP contribution in [0.2, 0.25) is 5.02 Å². The Morgan fingerprint density at radius 2 is 1.93 bits per heavy atom. The smallest absolute Gasteiger partial charge is 0.253 e. The summed E-state index contributed by atoms with van der Waals surface area (Å²) in [5.41, 5.74) is 8.82. The quantitative estimate of drug-likeness (QED) is 0.701. The van der Waals surface area contributed by atoms with Crippen LogP contribution in [-0.4, -0.2) is 18.5 Å². The molecule has 27 heavy (non-hydrogen) atoms. The van der Waals surface area contributed by atoms with Crippen molar-refractivity contribution < 1.29 is 14.6 Å². The number of nitrogens with two attached hydrogens (primary N) is 1. The third-order valence-corrected chi connectivity index (χ3v) is 4.57. The van der Waals surface area contributed by atoms with Gasteiger partial charge in [-0.15, -0.1) is 0 Å². The second-order valence-corrected chi connectivity index (χ2v) is 6.58. The molecule has 140 valence electrons. The first kappa shape index (κ1) is 19.0. The zero-order chi connectivity index (χ0) is 19.1.